The summed E-state index contributed by atoms with van der Waals surface area (Å²) in [6, 6.07) is 18.7. The van der Waals surface area contributed by atoms with Crippen LogP contribution in [-0.4, -0.2) is 42.4 Å². The highest BCUT2D eigenvalue weighted by atomic mass is 32.1. The van der Waals surface area contributed by atoms with Gasteiger partial charge in [-0.05, 0) is 31.5 Å². The number of thiol groups is 1. The number of hydrogen-bond donors (Lipinski definition) is 1. The molecule has 0 spiro atoms. The van der Waals surface area contributed by atoms with E-state index in [0.29, 0.717) is 18.8 Å². The van der Waals surface area contributed by atoms with Crippen LogP contribution in [0.3, 0.4) is 0 Å². The second-order valence-corrected chi connectivity index (χ2v) is 7.16. The third-order valence-electron chi connectivity index (χ3n) is 4.64. The van der Waals surface area contributed by atoms with Gasteiger partial charge in [-0.25, -0.2) is 4.79 Å². The summed E-state index contributed by atoms with van der Waals surface area (Å²) in [6.45, 7) is 4.62. The Labute approximate surface area is 171 Å². The summed E-state index contributed by atoms with van der Waals surface area (Å²) in [7, 11) is 0. The first-order chi connectivity index (χ1) is 13.6. The molecule has 0 aromatic heterocycles. The van der Waals surface area contributed by atoms with E-state index >= 15 is 0 Å². The SMILES string of the molecule is CCO[C@@H]1[C@H](OC(=O)c2ccccc2)[C@@H](OCc2ccccc2)[C@H](S)O[C@@H]1C. The molecule has 0 saturated carbocycles. The Morgan fingerprint density at radius 2 is 1.61 bits per heavy atom. The van der Waals surface area contributed by atoms with E-state index < -0.39 is 29.7 Å². The Bertz CT molecular complexity index is 739. The second-order valence-electron chi connectivity index (χ2n) is 6.65. The number of rotatable bonds is 7. The first-order valence-corrected chi connectivity index (χ1v) is 9.98. The van der Waals surface area contributed by atoms with Crippen LogP contribution in [0.15, 0.2) is 60.7 Å². The van der Waals surface area contributed by atoms with Crippen LogP contribution in [0, 0.1) is 0 Å². The molecule has 1 fully saturated rings. The summed E-state index contributed by atoms with van der Waals surface area (Å²) in [4.78, 5) is 12.7. The van der Waals surface area contributed by atoms with Crippen molar-refractivity contribution < 1.29 is 23.7 Å². The molecule has 5 nitrogen and oxygen atoms in total. The molecule has 6 heteroatoms. The Morgan fingerprint density at radius 3 is 2.25 bits per heavy atom. The summed E-state index contributed by atoms with van der Waals surface area (Å²) in [5.74, 6) is -0.418. The lowest BCUT2D eigenvalue weighted by atomic mass is 9.99. The van der Waals surface area contributed by atoms with E-state index in [-0.39, 0.29) is 6.10 Å². The molecule has 2 aromatic carbocycles. The van der Waals surface area contributed by atoms with Crippen LogP contribution in [0.4, 0.5) is 0 Å². The van der Waals surface area contributed by atoms with Gasteiger partial charge in [0.05, 0.1) is 18.3 Å². The van der Waals surface area contributed by atoms with Crippen LogP contribution in [0.1, 0.15) is 29.8 Å². The van der Waals surface area contributed by atoms with Crippen molar-refractivity contribution in [2.24, 2.45) is 0 Å². The number of benzene rings is 2. The van der Waals surface area contributed by atoms with E-state index in [1.807, 2.05) is 50.2 Å². The van der Waals surface area contributed by atoms with Crippen LogP contribution in [0.5, 0.6) is 0 Å². The fourth-order valence-electron chi connectivity index (χ4n) is 3.26. The standard InChI is InChI=1S/C22H26O5S/c1-3-24-18-15(2)26-22(28)20(25-14-16-10-6-4-7-11-16)19(18)27-21(23)17-12-8-5-9-13-17/h4-13,15,18-20,22,28H,3,14H2,1-2H3/t15-,18+,19+,20-,22+/m1/s1. The minimum atomic E-state index is -0.636. The van der Waals surface area contributed by atoms with Crippen molar-refractivity contribution in [1.82, 2.24) is 0 Å². The fourth-order valence-corrected chi connectivity index (χ4v) is 3.71. The van der Waals surface area contributed by atoms with Crippen LogP contribution < -0.4 is 0 Å². The molecule has 0 bridgehead atoms. The van der Waals surface area contributed by atoms with E-state index in [2.05, 4.69) is 12.6 Å². The highest BCUT2D eigenvalue weighted by molar-refractivity contribution is 7.80. The predicted molar refractivity (Wildman–Crippen MR) is 109 cm³/mol. The van der Waals surface area contributed by atoms with Gasteiger partial charge in [0.2, 0.25) is 0 Å². The van der Waals surface area contributed by atoms with Crippen molar-refractivity contribution in [3.05, 3.63) is 71.8 Å². The molecule has 1 aliphatic rings. The van der Waals surface area contributed by atoms with Crippen LogP contribution in [-0.2, 0) is 25.6 Å². The summed E-state index contributed by atoms with van der Waals surface area (Å²) in [5, 5.41) is 0. The third kappa shape index (κ3) is 5.14. The van der Waals surface area contributed by atoms with Gasteiger partial charge in [-0.2, -0.15) is 0 Å². The molecule has 2 aromatic rings. The zero-order chi connectivity index (χ0) is 19.9. The van der Waals surface area contributed by atoms with Crippen molar-refractivity contribution >= 4 is 18.6 Å². The topological polar surface area (TPSA) is 54.0 Å². The molecule has 1 saturated heterocycles. The smallest absolute Gasteiger partial charge is 0.338 e. The average Bonchev–Trinajstić information content (AvgIpc) is 2.72. The quantitative estimate of drug-likeness (QED) is 0.563. The largest absolute Gasteiger partial charge is 0.453 e. The van der Waals surface area contributed by atoms with Crippen LogP contribution in [0.25, 0.3) is 0 Å². The molecule has 0 unspecified atom stereocenters. The van der Waals surface area contributed by atoms with Gasteiger partial charge in [0, 0.05) is 6.61 Å². The zero-order valence-electron chi connectivity index (χ0n) is 16.1. The first kappa shape index (κ1) is 20.9. The average molecular weight is 403 g/mol. The van der Waals surface area contributed by atoms with Crippen LogP contribution in [0.2, 0.25) is 0 Å². The molecular formula is C22H26O5S. The summed E-state index contributed by atoms with van der Waals surface area (Å²) < 4.78 is 23.7. The minimum Gasteiger partial charge on any atom is -0.453 e. The molecule has 28 heavy (non-hydrogen) atoms. The Hall–Kier alpha value is -1.86. The normalized spacial score (nSPS) is 27.3. The van der Waals surface area contributed by atoms with Crippen LogP contribution >= 0.6 is 12.6 Å². The van der Waals surface area contributed by atoms with Crippen molar-refractivity contribution in [1.29, 1.82) is 0 Å². The maximum atomic E-state index is 12.7. The summed E-state index contributed by atoms with van der Waals surface area (Å²) in [5.41, 5.74) is 0.959. The molecule has 1 aliphatic heterocycles. The maximum Gasteiger partial charge on any atom is 0.338 e. The number of ether oxygens (including phenoxy) is 4. The lowest BCUT2D eigenvalue weighted by Crippen LogP contribution is -2.58. The van der Waals surface area contributed by atoms with Gasteiger partial charge in [-0.3, -0.25) is 0 Å². The van der Waals surface area contributed by atoms with E-state index in [1.165, 1.54) is 0 Å². The van der Waals surface area contributed by atoms with Gasteiger partial charge in [0.25, 0.3) is 0 Å². The predicted octanol–water partition coefficient (Wildman–Crippen LogP) is 3.88. The van der Waals surface area contributed by atoms with E-state index in [4.69, 9.17) is 18.9 Å². The Kier molecular flexibility index (Phi) is 7.50. The van der Waals surface area contributed by atoms with E-state index in [0.717, 1.165) is 5.56 Å². The summed E-state index contributed by atoms with van der Waals surface area (Å²) >= 11 is 4.55. The van der Waals surface area contributed by atoms with Crippen molar-refractivity contribution in [3.8, 4) is 0 Å². The number of carbonyl (C=O) groups is 1. The molecule has 150 valence electrons. The molecule has 3 rings (SSSR count). The van der Waals surface area contributed by atoms with Gasteiger partial charge in [-0.1, -0.05) is 48.5 Å². The van der Waals surface area contributed by atoms with Gasteiger partial charge in [-0.15, -0.1) is 12.6 Å². The van der Waals surface area contributed by atoms with Crippen molar-refractivity contribution in [3.63, 3.8) is 0 Å². The molecule has 5 atom stereocenters. The Balaban J connectivity index is 1.79. The zero-order valence-corrected chi connectivity index (χ0v) is 17.0. The first-order valence-electron chi connectivity index (χ1n) is 9.47. The Morgan fingerprint density at radius 1 is 0.964 bits per heavy atom. The third-order valence-corrected chi connectivity index (χ3v) is 5.06. The lowest BCUT2D eigenvalue weighted by molar-refractivity contribution is -0.222. The molecular weight excluding hydrogens is 376 g/mol. The molecule has 1 heterocycles. The summed E-state index contributed by atoms with van der Waals surface area (Å²) in [6.07, 6.45) is -1.93. The molecule has 0 amide bonds. The van der Waals surface area contributed by atoms with E-state index in [1.54, 1.807) is 24.3 Å². The van der Waals surface area contributed by atoms with Crippen molar-refractivity contribution in [2.75, 3.05) is 6.61 Å². The van der Waals surface area contributed by atoms with Gasteiger partial charge >= 0.3 is 5.97 Å². The lowest BCUT2D eigenvalue weighted by Gasteiger charge is -2.43. The second kappa shape index (κ2) is 10.1. The fraction of sp³-hybridized carbons (Fsp3) is 0.409. The number of carbonyl (C=O) groups excluding carboxylic acids is 1. The maximum absolute atomic E-state index is 12.7. The molecule has 0 N–H and O–H groups in total. The van der Waals surface area contributed by atoms with Gasteiger partial charge < -0.3 is 18.9 Å². The van der Waals surface area contributed by atoms with E-state index in [9.17, 15) is 4.79 Å². The van der Waals surface area contributed by atoms with Gasteiger partial charge in [0.1, 0.15) is 17.6 Å². The highest BCUT2D eigenvalue weighted by Crippen LogP contribution is 2.31. The van der Waals surface area contributed by atoms with Gasteiger partial charge in [0.15, 0.2) is 6.10 Å². The van der Waals surface area contributed by atoms with Crippen molar-refractivity contribution in [2.45, 2.75) is 50.3 Å². The monoisotopic (exact) mass is 402 g/mol. The highest BCUT2D eigenvalue weighted by Gasteiger charge is 2.47. The number of hydrogen-bond acceptors (Lipinski definition) is 6. The minimum absolute atomic E-state index is 0.285. The molecule has 0 radical (unpaired) electrons. The molecule has 0 aliphatic carbocycles. The number of esters is 1.